The van der Waals surface area contributed by atoms with Crippen molar-refractivity contribution >= 4 is 30.7 Å². The Labute approximate surface area is 156 Å². The first-order chi connectivity index (χ1) is 10.6. The number of nitrogens with one attached hydrogen (secondary N) is 1. The van der Waals surface area contributed by atoms with E-state index in [1.807, 2.05) is 18.7 Å². The number of carbonyl (C=O) groups is 1. The van der Waals surface area contributed by atoms with Gasteiger partial charge in [-0.25, -0.2) is 4.98 Å². The van der Waals surface area contributed by atoms with Crippen molar-refractivity contribution < 1.29 is 9.21 Å². The number of rotatable bonds is 3. The lowest BCUT2D eigenvalue weighted by Gasteiger charge is -2.36. The summed E-state index contributed by atoms with van der Waals surface area (Å²) in [5.41, 5.74) is 0.966. The Bertz CT molecular complexity index is 505. The van der Waals surface area contributed by atoms with Crippen LogP contribution in [0.15, 0.2) is 4.42 Å². The predicted octanol–water partition coefficient (Wildman–Crippen LogP) is 1.78. The normalized spacial score (nSPS) is 21.8. The third-order valence-electron chi connectivity index (χ3n) is 4.76. The van der Waals surface area contributed by atoms with Crippen LogP contribution in [0.2, 0.25) is 0 Å². The molecule has 8 heteroatoms. The van der Waals surface area contributed by atoms with E-state index in [2.05, 4.69) is 15.2 Å². The van der Waals surface area contributed by atoms with Crippen molar-refractivity contribution in [1.82, 2.24) is 20.1 Å². The van der Waals surface area contributed by atoms with Crippen LogP contribution < -0.4 is 5.32 Å². The molecule has 2 aliphatic rings. The average Bonchev–Trinajstić information content (AvgIpc) is 2.86. The Morgan fingerprint density at radius 3 is 2.50 bits per heavy atom. The maximum Gasteiger partial charge on any atom is 0.227 e. The van der Waals surface area contributed by atoms with E-state index in [0.717, 1.165) is 76.0 Å². The van der Waals surface area contributed by atoms with Gasteiger partial charge in [0.1, 0.15) is 5.76 Å². The zero-order valence-corrected chi connectivity index (χ0v) is 16.0. The molecule has 1 unspecified atom stereocenters. The fraction of sp³-hybridized carbons (Fsp3) is 0.750. The molecule has 3 rings (SSSR count). The summed E-state index contributed by atoms with van der Waals surface area (Å²) < 4.78 is 5.64. The van der Waals surface area contributed by atoms with Gasteiger partial charge in [0, 0.05) is 32.7 Å². The molecule has 0 bridgehead atoms. The van der Waals surface area contributed by atoms with Crippen LogP contribution in [0.1, 0.15) is 30.2 Å². The van der Waals surface area contributed by atoms with Gasteiger partial charge in [-0.15, -0.1) is 24.8 Å². The first kappa shape index (κ1) is 21.2. The Kier molecular flexibility index (Phi) is 8.50. The molecule has 0 aromatic carbocycles. The second-order valence-electron chi connectivity index (χ2n) is 6.39. The molecule has 1 N–H and O–H groups in total. The molecule has 2 saturated heterocycles. The number of nitrogens with zero attached hydrogens (tertiary/aromatic N) is 3. The van der Waals surface area contributed by atoms with Crippen molar-refractivity contribution in [3.05, 3.63) is 17.3 Å². The van der Waals surface area contributed by atoms with Gasteiger partial charge in [-0.2, -0.15) is 0 Å². The molecule has 0 saturated carbocycles. The van der Waals surface area contributed by atoms with Crippen LogP contribution in [0.25, 0.3) is 0 Å². The Hall–Kier alpha value is -0.820. The molecule has 1 aromatic heterocycles. The molecular weight excluding hydrogens is 351 g/mol. The van der Waals surface area contributed by atoms with Gasteiger partial charge in [0.15, 0.2) is 0 Å². The predicted molar refractivity (Wildman–Crippen MR) is 97.9 cm³/mol. The maximum atomic E-state index is 12.5. The fourth-order valence-corrected chi connectivity index (χ4v) is 3.25. The molecule has 0 spiro atoms. The van der Waals surface area contributed by atoms with Crippen LogP contribution in [0.3, 0.4) is 0 Å². The Morgan fingerprint density at radius 2 is 1.96 bits per heavy atom. The first-order valence-electron chi connectivity index (χ1n) is 8.28. The van der Waals surface area contributed by atoms with Gasteiger partial charge in [-0.3, -0.25) is 9.69 Å². The third-order valence-corrected chi connectivity index (χ3v) is 4.76. The van der Waals surface area contributed by atoms with Gasteiger partial charge in [0.05, 0.1) is 18.2 Å². The molecule has 6 nitrogen and oxygen atoms in total. The SMILES string of the molecule is Cc1nc(CN2CCN(C(=O)C3CCCNC3)CC2)oc1C.Cl.Cl. The van der Waals surface area contributed by atoms with E-state index in [-0.39, 0.29) is 30.7 Å². The molecule has 0 radical (unpaired) electrons. The second kappa shape index (κ2) is 9.61. The number of halogens is 2. The first-order valence-corrected chi connectivity index (χ1v) is 8.28. The lowest BCUT2D eigenvalue weighted by molar-refractivity contribution is -0.137. The zero-order valence-electron chi connectivity index (χ0n) is 14.4. The van der Waals surface area contributed by atoms with Gasteiger partial charge in [-0.05, 0) is 33.2 Å². The van der Waals surface area contributed by atoms with Crippen LogP contribution in [0, 0.1) is 19.8 Å². The van der Waals surface area contributed by atoms with Gasteiger partial charge < -0.3 is 14.6 Å². The van der Waals surface area contributed by atoms with E-state index in [4.69, 9.17) is 4.42 Å². The highest BCUT2D eigenvalue weighted by Crippen LogP contribution is 2.16. The van der Waals surface area contributed by atoms with Crippen molar-refractivity contribution in [2.45, 2.75) is 33.2 Å². The lowest BCUT2D eigenvalue weighted by Crippen LogP contribution is -2.51. The minimum atomic E-state index is 0. The monoisotopic (exact) mass is 378 g/mol. The van der Waals surface area contributed by atoms with E-state index in [0.29, 0.717) is 5.91 Å². The van der Waals surface area contributed by atoms with E-state index >= 15 is 0 Å². The average molecular weight is 379 g/mol. The standard InChI is InChI=1S/C16H26N4O2.2ClH/c1-12-13(2)22-15(18-12)11-19-6-8-20(9-7-19)16(21)14-4-3-5-17-10-14;;/h14,17H,3-11H2,1-2H3;2*1H. The summed E-state index contributed by atoms with van der Waals surface area (Å²) in [4.78, 5) is 21.3. The molecule has 1 amide bonds. The molecule has 138 valence electrons. The topological polar surface area (TPSA) is 61.6 Å². The molecule has 24 heavy (non-hydrogen) atoms. The summed E-state index contributed by atoms with van der Waals surface area (Å²) in [5.74, 6) is 2.19. The highest BCUT2D eigenvalue weighted by molar-refractivity contribution is 5.85. The number of aryl methyl sites for hydroxylation is 2. The van der Waals surface area contributed by atoms with Crippen molar-refractivity contribution in [2.24, 2.45) is 5.92 Å². The molecule has 2 fully saturated rings. The number of hydrogen-bond donors (Lipinski definition) is 1. The number of carbonyl (C=O) groups excluding carboxylic acids is 1. The molecule has 1 aromatic rings. The lowest BCUT2D eigenvalue weighted by atomic mass is 9.98. The number of amides is 1. The Morgan fingerprint density at radius 1 is 1.25 bits per heavy atom. The van der Waals surface area contributed by atoms with E-state index in [1.165, 1.54) is 0 Å². The number of piperidine rings is 1. The van der Waals surface area contributed by atoms with Crippen LogP contribution in [0.4, 0.5) is 0 Å². The molecule has 0 aliphatic carbocycles. The third kappa shape index (κ3) is 5.09. The molecule has 3 heterocycles. The quantitative estimate of drug-likeness (QED) is 0.868. The highest BCUT2D eigenvalue weighted by atomic mass is 35.5. The van der Waals surface area contributed by atoms with Crippen molar-refractivity contribution in [2.75, 3.05) is 39.3 Å². The van der Waals surface area contributed by atoms with Crippen molar-refractivity contribution in [1.29, 1.82) is 0 Å². The minimum absolute atomic E-state index is 0. The van der Waals surface area contributed by atoms with Gasteiger partial charge >= 0.3 is 0 Å². The van der Waals surface area contributed by atoms with E-state index in [1.54, 1.807) is 0 Å². The summed E-state index contributed by atoms with van der Waals surface area (Å²) in [6.07, 6.45) is 2.14. The minimum Gasteiger partial charge on any atom is -0.444 e. The summed E-state index contributed by atoms with van der Waals surface area (Å²) in [6, 6.07) is 0. The number of hydrogen-bond acceptors (Lipinski definition) is 5. The summed E-state index contributed by atoms with van der Waals surface area (Å²) in [6.45, 7) is 9.96. The van der Waals surface area contributed by atoms with Gasteiger partial charge in [0.2, 0.25) is 11.8 Å². The number of oxazole rings is 1. The molecular formula is C16H28Cl2N4O2. The summed E-state index contributed by atoms with van der Waals surface area (Å²) >= 11 is 0. The van der Waals surface area contributed by atoms with Crippen LogP contribution >= 0.6 is 24.8 Å². The van der Waals surface area contributed by atoms with Crippen molar-refractivity contribution in [3.63, 3.8) is 0 Å². The van der Waals surface area contributed by atoms with Crippen LogP contribution in [-0.4, -0.2) is 60.0 Å². The van der Waals surface area contributed by atoms with E-state index in [9.17, 15) is 4.79 Å². The smallest absolute Gasteiger partial charge is 0.227 e. The zero-order chi connectivity index (χ0) is 15.5. The largest absolute Gasteiger partial charge is 0.444 e. The van der Waals surface area contributed by atoms with Gasteiger partial charge in [0.25, 0.3) is 0 Å². The maximum absolute atomic E-state index is 12.5. The second-order valence-corrected chi connectivity index (χ2v) is 6.39. The molecule has 2 aliphatic heterocycles. The van der Waals surface area contributed by atoms with Gasteiger partial charge in [-0.1, -0.05) is 0 Å². The summed E-state index contributed by atoms with van der Waals surface area (Å²) in [7, 11) is 0. The number of piperazine rings is 1. The number of aromatic nitrogens is 1. The van der Waals surface area contributed by atoms with E-state index < -0.39 is 0 Å². The molecule has 1 atom stereocenters. The Balaban J connectivity index is 0.00000144. The highest BCUT2D eigenvalue weighted by Gasteiger charge is 2.28. The van der Waals surface area contributed by atoms with Crippen LogP contribution in [-0.2, 0) is 11.3 Å². The van der Waals surface area contributed by atoms with Crippen molar-refractivity contribution in [3.8, 4) is 0 Å². The summed E-state index contributed by atoms with van der Waals surface area (Å²) in [5, 5.41) is 3.33. The van der Waals surface area contributed by atoms with Crippen LogP contribution in [0.5, 0.6) is 0 Å². The fourth-order valence-electron chi connectivity index (χ4n) is 3.25.